The van der Waals surface area contributed by atoms with E-state index < -0.39 is 0 Å². The minimum atomic E-state index is -0.244. The second-order valence-electron chi connectivity index (χ2n) is 6.27. The maximum atomic E-state index is 13.3. The summed E-state index contributed by atoms with van der Waals surface area (Å²) in [5, 5.41) is 8.23. The fourth-order valence-corrected chi connectivity index (χ4v) is 3.23. The van der Waals surface area contributed by atoms with E-state index in [9.17, 15) is 4.39 Å². The molecule has 0 atom stereocenters. The Bertz CT molecular complexity index is 834. The zero-order valence-corrected chi connectivity index (χ0v) is 13.6. The van der Waals surface area contributed by atoms with Gasteiger partial charge in [0.15, 0.2) is 0 Å². The van der Waals surface area contributed by atoms with Crippen LogP contribution in [-0.4, -0.2) is 33.3 Å². The fourth-order valence-electron chi connectivity index (χ4n) is 3.23. The number of piperidine rings is 1. The number of fused-ring (bicyclic) bond motifs is 1. The molecule has 1 aliphatic rings. The number of halogens is 1. The predicted octanol–water partition coefficient (Wildman–Crippen LogP) is 3.42. The topological polar surface area (TPSA) is 70.8 Å². The molecule has 2 aromatic heterocycles. The van der Waals surface area contributed by atoms with Gasteiger partial charge in [0.2, 0.25) is 5.89 Å². The first-order valence-electron chi connectivity index (χ1n) is 8.45. The van der Waals surface area contributed by atoms with E-state index in [4.69, 9.17) is 4.42 Å². The number of hydrogen-bond donors (Lipinski definition) is 1. The lowest BCUT2D eigenvalue weighted by atomic mass is 9.96. The number of H-pyrrole nitrogens is 1. The summed E-state index contributed by atoms with van der Waals surface area (Å²) >= 11 is 0. The average Bonchev–Trinajstić information content (AvgIpc) is 3.22. The van der Waals surface area contributed by atoms with Crippen LogP contribution in [0.2, 0.25) is 0 Å². The highest BCUT2D eigenvalue weighted by Gasteiger charge is 2.25. The van der Waals surface area contributed by atoms with Crippen molar-refractivity contribution < 1.29 is 8.81 Å². The molecule has 1 aliphatic heterocycles. The Kier molecular flexibility index (Phi) is 3.92. The molecule has 6 nitrogen and oxygen atoms in total. The van der Waals surface area contributed by atoms with E-state index in [0.717, 1.165) is 55.6 Å². The van der Waals surface area contributed by atoms with E-state index in [1.165, 1.54) is 12.1 Å². The Labute approximate surface area is 139 Å². The first-order valence-corrected chi connectivity index (χ1v) is 8.45. The Balaban J connectivity index is 1.44. The number of anilines is 1. The molecule has 0 amide bonds. The van der Waals surface area contributed by atoms with Gasteiger partial charge in [0.05, 0.1) is 11.0 Å². The zero-order chi connectivity index (χ0) is 16.5. The van der Waals surface area contributed by atoms with Gasteiger partial charge in [-0.3, -0.25) is 0 Å². The van der Waals surface area contributed by atoms with E-state index in [-0.39, 0.29) is 5.82 Å². The van der Waals surface area contributed by atoms with Gasteiger partial charge >= 0.3 is 6.01 Å². The summed E-state index contributed by atoms with van der Waals surface area (Å²) in [7, 11) is 0. The van der Waals surface area contributed by atoms with Gasteiger partial charge in [-0.1, -0.05) is 12.0 Å². The maximum Gasteiger partial charge on any atom is 0.318 e. The molecule has 0 unspecified atom stereocenters. The van der Waals surface area contributed by atoms with Crippen LogP contribution in [-0.2, 0) is 6.42 Å². The van der Waals surface area contributed by atoms with Gasteiger partial charge in [-0.2, -0.15) is 0 Å². The van der Waals surface area contributed by atoms with Crippen LogP contribution >= 0.6 is 0 Å². The summed E-state index contributed by atoms with van der Waals surface area (Å²) in [5.74, 6) is 1.74. The fraction of sp³-hybridized carbons (Fsp3) is 0.471. The first-order chi connectivity index (χ1) is 11.7. The highest BCUT2D eigenvalue weighted by molar-refractivity contribution is 5.75. The molecule has 1 N–H and O–H groups in total. The molecule has 126 valence electrons. The third kappa shape index (κ3) is 2.86. The van der Waals surface area contributed by atoms with E-state index in [1.54, 1.807) is 6.07 Å². The number of nitrogens with one attached hydrogen (secondary N) is 1. The van der Waals surface area contributed by atoms with Crippen LogP contribution in [0.4, 0.5) is 10.4 Å². The van der Waals surface area contributed by atoms with Crippen molar-refractivity contribution in [1.29, 1.82) is 0 Å². The summed E-state index contributed by atoms with van der Waals surface area (Å²) in [6.45, 7) is 3.79. The third-order valence-corrected chi connectivity index (χ3v) is 4.53. The molecule has 1 saturated heterocycles. The molecule has 0 bridgehead atoms. The van der Waals surface area contributed by atoms with Gasteiger partial charge in [0.1, 0.15) is 11.6 Å². The number of benzene rings is 1. The summed E-state index contributed by atoms with van der Waals surface area (Å²) in [6, 6.07) is 5.27. The van der Waals surface area contributed by atoms with Gasteiger partial charge < -0.3 is 14.3 Å². The molecule has 7 heteroatoms. The van der Waals surface area contributed by atoms with E-state index in [2.05, 4.69) is 32.0 Å². The van der Waals surface area contributed by atoms with Crippen LogP contribution < -0.4 is 4.90 Å². The molecule has 0 spiro atoms. The number of aromatic amines is 1. The molecule has 3 heterocycles. The largest absolute Gasteiger partial charge is 0.408 e. The van der Waals surface area contributed by atoms with Gasteiger partial charge in [0, 0.05) is 25.4 Å². The Morgan fingerprint density at radius 3 is 2.92 bits per heavy atom. The minimum Gasteiger partial charge on any atom is -0.408 e. The van der Waals surface area contributed by atoms with Crippen LogP contribution in [0.5, 0.6) is 0 Å². The SMILES string of the molecule is CCCc1nnc(N2CCC(c3nc4ccc(F)cc4[nH]3)CC2)o1. The second-order valence-corrected chi connectivity index (χ2v) is 6.27. The van der Waals surface area contributed by atoms with E-state index >= 15 is 0 Å². The van der Waals surface area contributed by atoms with Crippen LogP contribution in [0.1, 0.15) is 43.8 Å². The molecule has 1 aromatic carbocycles. The standard InChI is InChI=1S/C17H20FN5O/c1-2-3-15-21-22-17(24-15)23-8-6-11(7-9-23)16-19-13-5-4-12(18)10-14(13)20-16/h4-5,10-11H,2-3,6-9H2,1H3,(H,19,20). The number of aromatic nitrogens is 4. The number of hydrogen-bond acceptors (Lipinski definition) is 5. The average molecular weight is 329 g/mol. The van der Waals surface area contributed by atoms with Gasteiger partial charge in [-0.15, -0.1) is 5.10 Å². The van der Waals surface area contributed by atoms with Crippen LogP contribution in [0, 0.1) is 5.82 Å². The van der Waals surface area contributed by atoms with Gasteiger partial charge in [0.25, 0.3) is 0 Å². The second kappa shape index (κ2) is 6.22. The Hall–Kier alpha value is -2.44. The van der Waals surface area contributed by atoms with Crippen molar-refractivity contribution >= 4 is 17.0 Å². The highest BCUT2D eigenvalue weighted by atomic mass is 19.1. The van der Waals surface area contributed by atoms with Crippen molar-refractivity contribution in [2.24, 2.45) is 0 Å². The highest BCUT2D eigenvalue weighted by Crippen LogP contribution is 2.29. The van der Waals surface area contributed by atoms with Crippen molar-refractivity contribution in [3.63, 3.8) is 0 Å². The molecule has 0 saturated carbocycles. The van der Waals surface area contributed by atoms with E-state index in [1.807, 2.05) is 0 Å². The van der Waals surface area contributed by atoms with Crippen LogP contribution in [0.15, 0.2) is 22.6 Å². The molecular weight excluding hydrogens is 309 g/mol. The summed E-state index contributed by atoms with van der Waals surface area (Å²) in [5.41, 5.74) is 1.57. The summed E-state index contributed by atoms with van der Waals surface area (Å²) in [6.07, 6.45) is 3.72. The molecular formula is C17H20FN5O. The molecule has 0 radical (unpaired) electrons. The van der Waals surface area contributed by atoms with Gasteiger partial charge in [-0.05, 0) is 37.5 Å². The normalized spacial score (nSPS) is 16.2. The lowest BCUT2D eigenvalue weighted by Crippen LogP contribution is -2.33. The van der Waals surface area contributed by atoms with Crippen LogP contribution in [0.3, 0.4) is 0 Å². The molecule has 24 heavy (non-hydrogen) atoms. The number of rotatable bonds is 4. The number of nitrogens with zero attached hydrogens (tertiary/aromatic N) is 4. The third-order valence-electron chi connectivity index (χ3n) is 4.53. The van der Waals surface area contributed by atoms with Crippen molar-refractivity contribution in [2.45, 2.75) is 38.5 Å². The van der Waals surface area contributed by atoms with Crippen molar-refractivity contribution in [3.8, 4) is 0 Å². The number of aryl methyl sites for hydroxylation is 1. The zero-order valence-electron chi connectivity index (χ0n) is 13.6. The summed E-state index contributed by atoms with van der Waals surface area (Å²) in [4.78, 5) is 10.0. The maximum absolute atomic E-state index is 13.3. The van der Waals surface area contributed by atoms with Crippen molar-refractivity contribution in [2.75, 3.05) is 18.0 Å². The Morgan fingerprint density at radius 2 is 2.12 bits per heavy atom. The van der Waals surface area contributed by atoms with E-state index in [0.29, 0.717) is 17.8 Å². The Morgan fingerprint density at radius 1 is 1.29 bits per heavy atom. The molecule has 0 aliphatic carbocycles. The minimum absolute atomic E-state index is 0.244. The van der Waals surface area contributed by atoms with Crippen molar-refractivity contribution in [3.05, 3.63) is 35.7 Å². The van der Waals surface area contributed by atoms with Crippen LogP contribution in [0.25, 0.3) is 11.0 Å². The smallest absolute Gasteiger partial charge is 0.318 e. The monoisotopic (exact) mass is 329 g/mol. The molecule has 1 fully saturated rings. The lowest BCUT2D eigenvalue weighted by molar-refractivity contribution is 0.434. The van der Waals surface area contributed by atoms with Gasteiger partial charge in [-0.25, -0.2) is 9.37 Å². The predicted molar refractivity (Wildman–Crippen MR) is 88.5 cm³/mol. The lowest BCUT2D eigenvalue weighted by Gasteiger charge is -2.29. The first kappa shape index (κ1) is 15.1. The number of imidazole rings is 1. The molecule has 3 aromatic rings. The summed E-state index contributed by atoms with van der Waals surface area (Å²) < 4.78 is 19.0. The molecule has 4 rings (SSSR count). The quantitative estimate of drug-likeness (QED) is 0.794. The van der Waals surface area contributed by atoms with Crippen molar-refractivity contribution in [1.82, 2.24) is 20.2 Å².